The molecule has 3 aromatic rings. The fourth-order valence-electron chi connectivity index (χ4n) is 2.17. The number of aromatic nitrogens is 2. The lowest BCUT2D eigenvalue weighted by Gasteiger charge is -2.04. The number of hydrogen-bond acceptors (Lipinski definition) is 7. The highest BCUT2D eigenvalue weighted by molar-refractivity contribution is 5.59. The van der Waals surface area contributed by atoms with E-state index >= 15 is 0 Å². The predicted molar refractivity (Wildman–Crippen MR) is 90.3 cm³/mol. The van der Waals surface area contributed by atoms with Crippen molar-refractivity contribution in [3.8, 4) is 34.4 Å². The summed E-state index contributed by atoms with van der Waals surface area (Å²) in [5.74, 6) is 2.14. The second-order valence-electron chi connectivity index (χ2n) is 5.11. The molecule has 7 heteroatoms. The van der Waals surface area contributed by atoms with Crippen molar-refractivity contribution in [1.82, 2.24) is 10.2 Å². The molecule has 0 unspecified atom stereocenters. The quantitative estimate of drug-likeness (QED) is 0.647. The van der Waals surface area contributed by atoms with Crippen molar-refractivity contribution in [1.29, 1.82) is 0 Å². The molecule has 0 saturated heterocycles. The van der Waals surface area contributed by atoms with E-state index < -0.39 is 0 Å². The highest BCUT2D eigenvalue weighted by Gasteiger charge is 2.11. The summed E-state index contributed by atoms with van der Waals surface area (Å²) in [6.45, 7) is 0.446. The number of rotatable bonds is 8. The van der Waals surface area contributed by atoms with E-state index in [-0.39, 0.29) is 26.4 Å². The Morgan fingerprint density at radius 2 is 1.08 bits per heavy atom. The maximum absolute atomic E-state index is 8.75. The van der Waals surface area contributed by atoms with Crippen molar-refractivity contribution < 1.29 is 24.1 Å². The van der Waals surface area contributed by atoms with Gasteiger partial charge in [-0.3, -0.25) is 0 Å². The van der Waals surface area contributed by atoms with E-state index in [0.717, 1.165) is 11.1 Å². The second kappa shape index (κ2) is 8.27. The molecule has 2 N–H and O–H groups in total. The predicted octanol–water partition coefficient (Wildman–Crippen LogP) is 2.15. The van der Waals surface area contributed by atoms with E-state index in [1.54, 1.807) is 24.3 Å². The number of benzene rings is 2. The normalized spacial score (nSPS) is 10.6. The smallest absolute Gasteiger partial charge is 0.248 e. The lowest BCUT2D eigenvalue weighted by molar-refractivity contribution is 0.201. The molecule has 3 rings (SSSR count). The molecule has 1 heterocycles. The summed E-state index contributed by atoms with van der Waals surface area (Å²) in [5, 5.41) is 25.6. The van der Waals surface area contributed by atoms with Crippen molar-refractivity contribution in [3.05, 3.63) is 48.5 Å². The highest BCUT2D eigenvalue weighted by Crippen LogP contribution is 2.26. The van der Waals surface area contributed by atoms with E-state index in [9.17, 15) is 0 Å². The van der Waals surface area contributed by atoms with Gasteiger partial charge in [0, 0.05) is 11.1 Å². The highest BCUT2D eigenvalue weighted by atomic mass is 16.5. The van der Waals surface area contributed by atoms with E-state index in [2.05, 4.69) is 10.2 Å². The molecule has 0 aliphatic heterocycles. The lowest BCUT2D eigenvalue weighted by atomic mass is 10.2. The molecule has 0 radical (unpaired) electrons. The van der Waals surface area contributed by atoms with Crippen molar-refractivity contribution in [3.63, 3.8) is 0 Å². The molecule has 0 atom stereocenters. The van der Waals surface area contributed by atoms with Gasteiger partial charge in [-0.25, -0.2) is 0 Å². The van der Waals surface area contributed by atoms with Gasteiger partial charge in [-0.15, -0.1) is 10.2 Å². The molecule has 7 nitrogen and oxygen atoms in total. The van der Waals surface area contributed by atoms with Crippen molar-refractivity contribution in [2.45, 2.75) is 0 Å². The first-order chi connectivity index (χ1) is 12.3. The summed E-state index contributed by atoms with van der Waals surface area (Å²) in [7, 11) is 0. The van der Waals surface area contributed by atoms with Crippen LogP contribution >= 0.6 is 0 Å². The summed E-state index contributed by atoms with van der Waals surface area (Å²) >= 11 is 0. The number of aliphatic hydroxyl groups excluding tert-OH is 2. The molecule has 0 saturated carbocycles. The maximum Gasteiger partial charge on any atom is 0.248 e. The van der Waals surface area contributed by atoms with Gasteiger partial charge in [0.1, 0.15) is 24.7 Å². The van der Waals surface area contributed by atoms with Gasteiger partial charge in [-0.05, 0) is 48.5 Å². The monoisotopic (exact) mass is 342 g/mol. The molecule has 0 bridgehead atoms. The number of ether oxygens (including phenoxy) is 2. The molecule has 0 aliphatic rings. The summed E-state index contributed by atoms with van der Waals surface area (Å²) in [6, 6.07) is 14.4. The van der Waals surface area contributed by atoms with Gasteiger partial charge in [0.15, 0.2) is 0 Å². The van der Waals surface area contributed by atoms with E-state index in [0.29, 0.717) is 23.3 Å². The van der Waals surface area contributed by atoms with Crippen LogP contribution in [0.1, 0.15) is 0 Å². The largest absolute Gasteiger partial charge is 0.491 e. The number of hydrogen-bond donors (Lipinski definition) is 2. The lowest BCUT2D eigenvalue weighted by Crippen LogP contribution is -2.01. The zero-order chi connectivity index (χ0) is 17.5. The van der Waals surface area contributed by atoms with Gasteiger partial charge in [-0.1, -0.05) is 0 Å². The summed E-state index contributed by atoms with van der Waals surface area (Å²) in [5.41, 5.74) is 1.55. The van der Waals surface area contributed by atoms with Gasteiger partial charge < -0.3 is 24.1 Å². The van der Waals surface area contributed by atoms with Gasteiger partial charge >= 0.3 is 0 Å². The van der Waals surface area contributed by atoms with Gasteiger partial charge in [0.2, 0.25) is 11.8 Å². The molecule has 0 aliphatic carbocycles. The summed E-state index contributed by atoms with van der Waals surface area (Å²) in [4.78, 5) is 0. The van der Waals surface area contributed by atoms with Crippen LogP contribution in [0, 0.1) is 0 Å². The molecule has 25 heavy (non-hydrogen) atoms. The average molecular weight is 342 g/mol. The van der Waals surface area contributed by atoms with Gasteiger partial charge in [0.05, 0.1) is 13.2 Å². The Kier molecular flexibility index (Phi) is 5.61. The first-order valence-electron chi connectivity index (χ1n) is 7.82. The Morgan fingerprint density at radius 1 is 0.680 bits per heavy atom. The Labute approximate surface area is 144 Å². The third-order valence-electron chi connectivity index (χ3n) is 3.35. The van der Waals surface area contributed by atoms with Crippen LogP contribution in [-0.2, 0) is 0 Å². The van der Waals surface area contributed by atoms with E-state index in [1.807, 2.05) is 24.3 Å². The first kappa shape index (κ1) is 16.9. The van der Waals surface area contributed by atoms with Crippen LogP contribution in [0.25, 0.3) is 22.9 Å². The molecule has 2 aromatic carbocycles. The molecule has 1 aromatic heterocycles. The van der Waals surface area contributed by atoms with Gasteiger partial charge in [-0.2, -0.15) is 0 Å². The van der Waals surface area contributed by atoms with Crippen molar-refractivity contribution in [2.24, 2.45) is 0 Å². The zero-order valence-electron chi connectivity index (χ0n) is 13.5. The van der Waals surface area contributed by atoms with E-state index in [4.69, 9.17) is 24.1 Å². The van der Waals surface area contributed by atoms with Crippen LogP contribution in [0.4, 0.5) is 0 Å². The standard InChI is InChI=1S/C18H18N2O5/c21-9-11-23-15-5-1-13(2-6-15)17-19-20-18(25-17)14-3-7-16(8-4-14)24-12-10-22/h1-8,21-22H,9-12H2. The average Bonchev–Trinajstić information content (AvgIpc) is 3.15. The molecular formula is C18H18N2O5. The van der Waals surface area contributed by atoms with Gasteiger partial charge in [0.25, 0.3) is 0 Å². The van der Waals surface area contributed by atoms with Crippen molar-refractivity contribution >= 4 is 0 Å². The molecule has 130 valence electrons. The Balaban J connectivity index is 1.71. The first-order valence-corrected chi connectivity index (χ1v) is 7.82. The van der Waals surface area contributed by atoms with Crippen molar-refractivity contribution in [2.75, 3.05) is 26.4 Å². The Bertz CT molecular complexity index is 718. The summed E-state index contributed by atoms with van der Waals surface area (Å²) < 4.78 is 16.3. The zero-order valence-corrected chi connectivity index (χ0v) is 13.5. The topological polar surface area (TPSA) is 97.8 Å². The van der Waals surface area contributed by atoms with Crippen LogP contribution < -0.4 is 9.47 Å². The maximum atomic E-state index is 8.75. The van der Waals surface area contributed by atoms with E-state index in [1.165, 1.54) is 0 Å². The van der Waals surface area contributed by atoms with Crippen LogP contribution in [-0.4, -0.2) is 46.8 Å². The van der Waals surface area contributed by atoms with Crippen LogP contribution in [0.15, 0.2) is 52.9 Å². The van der Waals surface area contributed by atoms with Crippen LogP contribution in [0.5, 0.6) is 11.5 Å². The molecule has 0 amide bonds. The molecular weight excluding hydrogens is 324 g/mol. The molecule has 0 spiro atoms. The SMILES string of the molecule is OCCOc1ccc(-c2nnc(-c3ccc(OCCO)cc3)o2)cc1. The fourth-order valence-corrected chi connectivity index (χ4v) is 2.17. The van der Waals surface area contributed by atoms with Crippen LogP contribution in [0.2, 0.25) is 0 Å². The number of nitrogens with zero attached hydrogens (tertiary/aromatic N) is 2. The Morgan fingerprint density at radius 3 is 1.44 bits per heavy atom. The minimum atomic E-state index is -0.0292. The Hall–Kier alpha value is -2.90. The molecule has 0 fully saturated rings. The fraction of sp³-hybridized carbons (Fsp3) is 0.222. The minimum absolute atomic E-state index is 0.0292. The third-order valence-corrected chi connectivity index (χ3v) is 3.35. The third kappa shape index (κ3) is 4.34. The summed E-state index contributed by atoms with van der Waals surface area (Å²) in [6.07, 6.45) is 0. The number of aliphatic hydroxyl groups is 2. The van der Waals surface area contributed by atoms with Crippen LogP contribution in [0.3, 0.4) is 0 Å². The second-order valence-corrected chi connectivity index (χ2v) is 5.11. The minimum Gasteiger partial charge on any atom is -0.491 e.